The van der Waals surface area contributed by atoms with Crippen molar-refractivity contribution in [2.24, 2.45) is 7.05 Å². The Kier molecular flexibility index (Phi) is 3.66. The van der Waals surface area contributed by atoms with Crippen molar-refractivity contribution in [1.29, 1.82) is 0 Å². The highest BCUT2D eigenvalue weighted by Gasteiger charge is 2.08. The lowest BCUT2D eigenvalue weighted by atomic mass is 10.1. The Labute approximate surface area is 108 Å². The lowest BCUT2D eigenvalue weighted by Gasteiger charge is -1.97. The van der Waals surface area contributed by atoms with Crippen molar-refractivity contribution >= 4 is 22.8 Å². The van der Waals surface area contributed by atoms with Crippen molar-refractivity contribution in [2.75, 3.05) is 0 Å². The number of aromatic nitrogens is 1. The van der Waals surface area contributed by atoms with Gasteiger partial charge in [-0.25, -0.2) is 0 Å². The van der Waals surface area contributed by atoms with Crippen LogP contribution in [0.5, 0.6) is 0 Å². The zero-order chi connectivity index (χ0) is 13.1. The van der Waals surface area contributed by atoms with Crippen LogP contribution in [0.25, 0.3) is 17.0 Å². The molecule has 0 fully saturated rings. The van der Waals surface area contributed by atoms with Gasteiger partial charge in [-0.3, -0.25) is 0 Å². The largest absolute Gasteiger partial charge is 0.347 e. The molecule has 2 nitrogen and oxygen atoms in total. The molecule has 1 aromatic heterocycles. The summed E-state index contributed by atoms with van der Waals surface area (Å²) in [4.78, 5) is 10.9. The molecule has 1 heterocycles. The van der Waals surface area contributed by atoms with Crippen molar-refractivity contribution < 1.29 is 4.79 Å². The molecule has 0 spiro atoms. The first-order valence-electron chi connectivity index (χ1n) is 6.31. The highest BCUT2D eigenvalue weighted by molar-refractivity contribution is 5.91. The number of nitrogens with zero attached hydrogens (tertiary/aromatic N) is 1. The van der Waals surface area contributed by atoms with Gasteiger partial charge in [0, 0.05) is 35.6 Å². The van der Waals surface area contributed by atoms with Gasteiger partial charge in [-0.15, -0.1) is 0 Å². The summed E-state index contributed by atoms with van der Waals surface area (Å²) in [6.07, 6.45) is 5.68. The van der Waals surface area contributed by atoms with Crippen molar-refractivity contribution in [3.8, 4) is 0 Å². The number of Topliss-reactive ketones (excluding diaryl/α,β-unsaturated/α-hetero) is 1. The molecule has 0 bridgehead atoms. The van der Waals surface area contributed by atoms with Gasteiger partial charge in [0.1, 0.15) is 5.78 Å². The minimum Gasteiger partial charge on any atom is -0.347 e. The summed E-state index contributed by atoms with van der Waals surface area (Å²) in [5, 5.41) is 1.27. The first-order chi connectivity index (χ1) is 8.61. The molecule has 0 aliphatic rings. The summed E-state index contributed by atoms with van der Waals surface area (Å²) in [5.41, 5.74) is 3.77. The smallest absolute Gasteiger partial charge is 0.130 e. The van der Waals surface area contributed by atoms with Crippen LogP contribution in [0, 0.1) is 6.92 Å². The van der Waals surface area contributed by atoms with Crippen LogP contribution in [0.2, 0.25) is 0 Å². The maximum atomic E-state index is 10.9. The molecule has 0 unspecified atom stereocenters. The van der Waals surface area contributed by atoms with Crippen molar-refractivity contribution in [1.82, 2.24) is 4.57 Å². The second-order valence-corrected chi connectivity index (χ2v) is 4.72. The van der Waals surface area contributed by atoms with Gasteiger partial charge in [-0.2, -0.15) is 0 Å². The Hall–Kier alpha value is -1.83. The van der Waals surface area contributed by atoms with E-state index in [9.17, 15) is 4.79 Å². The number of hydrogen-bond donors (Lipinski definition) is 0. The lowest BCUT2D eigenvalue weighted by molar-refractivity contribution is -0.116. The number of benzene rings is 1. The maximum absolute atomic E-state index is 10.9. The summed E-state index contributed by atoms with van der Waals surface area (Å²) in [6.45, 7) is 3.77. The molecule has 0 N–H and O–H groups in total. The van der Waals surface area contributed by atoms with Gasteiger partial charge in [0.05, 0.1) is 0 Å². The number of rotatable bonds is 4. The van der Waals surface area contributed by atoms with Crippen LogP contribution in [0.15, 0.2) is 30.3 Å². The van der Waals surface area contributed by atoms with Crippen LogP contribution in [0.1, 0.15) is 31.0 Å². The zero-order valence-corrected chi connectivity index (χ0v) is 11.2. The third-order valence-corrected chi connectivity index (χ3v) is 3.40. The number of allylic oxidation sites excluding steroid dienone is 1. The number of ketones is 1. The van der Waals surface area contributed by atoms with E-state index in [1.54, 1.807) is 6.92 Å². The summed E-state index contributed by atoms with van der Waals surface area (Å²) in [5.74, 6) is 0.245. The molecule has 18 heavy (non-hydrogen) atoms. The van der Waals surface area contributed by atoms with E-state index in [0.29, 0.717) is 6.42 Å². The average molecular weight is 241 g/mol. The topological polar surface area (TPSA) is 22.0 Å². The normalized spacial score (nSPS) is 11.5. The molecule has 2 aromatic rings. The summed E-state index contributed by atoms with van der Waals surface area (Å²) in [7, 11) is 2.09. The molecule has 1 aromatic carbocycles. The molecule has 0 amide bonds. The zero-order valence-electron chi connectivity index (χ0n) is 11.2. The minimum absolute atomic E-state index is 0.245. The average Bonchev–Trinajstić information content (AvgIpc) is 2.59. The number of aryl methyl sites for hydroxylation is 1. The molecule has 0 radical (unpaired) electrons. The summed E-state index contributed by atoms with van der Waals surface area (Å²) < 4.78 is 2.21. The van der Waals surface area contributed by atoms with E-state index in [0.717, 1.165) is 6.42 Å². The molecule has 2 rings (SSSR count). The fraction of sp³-hybridized carbons (Fsp3) is 0.312. The van der Waals surface area contributed by atoms with Crippen LogP contribution in [-0.4, -0.2) is 10.4 Å². The number of carbonyl (C=O) groups is 1. The third kappa shape index (κ3) is 2.37. The fourth-order valence-corrected chi connectivity index (χ4v) is 2.25. The van der Waals surface area contributed by atoms with E-state index in [1.807, 2.05) is 0 Å². The molecule has 0 saturated heterocycles. The number of para-hydroxylation sites is 1. The Morgan fingerprint density at radius 2 is 2.06 bits per heavy atom. The molecule has 0 saturated carbocycles. The standard InChI is InChI=1S/C16H19NO/c1-12(18)8-4-5-9-14-13(2)17(3)16-11-7-6-10-15(14)16/h5-7,9-11H,4,8H2,1-3H3/b9-5+. The third-order valence-electron chi connectivity index (χ3n) is 3.40. The molecular formula is C16H19NO. The molecule has 0 atom stereocenters. The first-order valence-corrected chi connectivity index (χ1v) is 6.31. The predicted octanol–water partition coefficient (Wildman–Crippen LogP) is 3.87. The Morgan fingerprint density at radius 3 is 2.78 bits per heavy atom. The Balaban J connectivity index is 2.33. The molecule has 2 heteroatoms. The number of carbonyl (C=O) groups excluding carboxylic acids is 1. The van der Waals surface area contributed by atoms with Crippen molar-refractivity contribution in [3.63, 3.8) is 0 Å². The van der Waals surface area contributed by atoms with Gasteiger partial charge in [0.15, 0.2) is 0 Å². The molecule has 0 aliphatic carbocycles. The fourth-order valence-electron chi connectivity index (χ4n) is 2.25. The minimum atomic E-state index is 0.245. The van der Waals surface area contributed by atoms with Gasteiger partial charge in [0.2, 0.25) is 0 Å². The van der Waals surface area contributed by atoms with E-state index < -0.39 is 0 Å². The summed E-state index contributed by atoms with van der Waals surface area (Å²) >= 11 is 0. The van der Waals surface area contributed by atoms with E-state index in [2.05, 4.69) is 55.0 Å². The Bertz CT molecular complexity index is 605. The number of fused-ring (bicyclic) bond motifs is 1. The van der Waals surface area contributed by atoms with E-state index in [1.165, 1.54) is 22.2 Å². The number of hydrogen-bond acceptors (Lipinski definition) is 1. The highest BCUT2D eigenvalue weighted by atomic mass is 16.1. The van der Waals surface area contributed by atoms with Crippen molar-refractivity contribution in [3.05, 3.63) is 41.6 Å². The van der Waals surface area contributed by atoms with E-state index in [-0.39, 0.29) is 5.78 Å². The second-order valence-electron chi connectivity index (χ2n) is 4.72. The van der Waals surface area contributed by atoms with Gasteiger partial charge >= 0.3 is 0 Å². The molecule has 0 aliphatic heterocycles. The van der Waals surface area contributed by atoms with Crippen LogP contribution < -0.4 is 0 Å². The lowest BCUT2D eigenvalue weighted by Crippen LogP contribution is -1.90. The van der Waals surface area contributed by atoms with E-state index >= 15 is 0 Å². The Morgan fingerprint density at radius 1 is 1.33 bits per heavy atom. The van der Waals surface area contributed by atoms with E-state index in [4.69, 9.17) is 0 Å². The monoisotopic (exact) mass is 241 g/mol. The van der Waals surface area contributed by atoms with Gasteiger partial charge in [-0.1, -0.05) is 30.4 Å². The van der Waals surface area contributed by atoms with Crippen LogP contribution in [0.4, 0.5) is 0 Å². The molecule has 94 valence electrons. The van der Waals surface area contributed by atoms with Gasteiger partial charge in [-0.05, 0) is 26.3 Å². The van der Waals surface area contributed by atoms with Crippen molar-refractivity contribution in [2.45, 2.75) is 26.7 Å². The predicted molar refractivity (Wildman–Crippen MR) is 76.6 cm³/mol. The van der Waals surface area contributed by atoms with Crippen LogP contribution in [0.3, 0.4) is 0 Å². The van der Waals surface area contributed by atoms with Gasteiger partial charge in [0.25, 0.3) is 0 Å². The summed E-state index contributed by atoms with van der Waals surface area (Å²) in [6, 6.07) is 8.40. The maximum Gasteiger partial charge on any atom is 0.130 e. The van der Waals surface area contributed by atoms with Crippen LogP contribution >= 0.6 is 0 Å². The van der Waals surface area contributed by atoms with Crippen LogP contribution in [-0.2, 0) is 11.8 Å². The molecular weight excluding hydrogens is 222 g/mol. The van der Waals surface area contributed by atoms with Gasteiger partial charge < -0.3 is 9.36 Å². The second kappa shape index (κ2) is 5.21. The highest BCUT2D eigenvalue weighted by Crippen LogP contribution is 2.25. The first kappa shape index (κ1) is 12.6. The quantitative estimate of drug-likeness (QED) is 0.796. The SMILES string of the molecule is CC(=O)CC/C=C/c1c(C)n(C)c2ccccc12.